The van der Waals surface area contributed by atoms with Gasteiger partial charge in [-0.15, -0.1) is 0 Å². The molecule has 0 amide bonds. The topological polar surface area (TPSA) is 81.4 Å². The van der Waals surface area contributed by atoms with E-state index in [4.69, 9.17) is 0 Å². The maximum Gasteiger partial charge on any atom is 0.163 e. The van der Waals surface area contributed by atoms with Gasteiger partial charge in [-0.3, -0.25) is 4.68 Å². The first-order valence-corrected chi connectivity index (χ1v) is 8.48. The summed E-state index contributed by atoms with van der Waals surface area (Å²) in [6.07, 6.45) is 4.06. The third-order valence-corrected chi connectivity index (χ3v) is 4.21. The monoisotopic (exact) mass is 345 g/mol. The number of rotatable bonds is 5. The Labute approximate surface area is 151 Å². The van der Waals surface area contributed by atoms with Crippen molar-refractivity contribution >= 4 is 16.9 Å². The fourth-order valence-electron chi connectivity index (χ4n) is 2.99. The van der Waals surface area contributed by atoms with E-state index in [0.29, 0.717) is 13.0 Å². The standard InChI is InChI=1S/C19H19N7/c1-13-17-18(22-12-23-19(17)26(2)25-13)21-11-9-16-20-10-8-15(24-16)14-6-4-3-5-7-14/h3-8,10,12H,9,11H2,1-2H3,(H,21,22,23). The van der Waals surface area contributed by atoms with Gasteiger partial charge in [-0.1, -0.05) is 30.3 Å². The zero-order valence-corrected chi connectivity index (χ0v) is 14.7. The predicted molar refractivity (Wildman–Crippen MR) is 101 cm³/mol. The Morgan fingerprint density at radius 3 is 2.73 bits per heavy atom. The fraction of sp³-hybridized carbons (Fsp3) is 0.211. The second-order valence-electron chi connectivity index (χ2n) is 6.03. The number of nitrogens with one attached hydrogen (secondary N) is 1. The first-order valence-electron chi connectivity index (χ1n) is 8.48. The van der Waals surface area contributed by atoms with E-state index in [0.717, 1.165) is 39.6 Å². The molecule has 0 aliphatic heterocycles. The van der Waals surface area contributed by atoms with E-state index in [1.165, 1.54) is 0 Å². The Bertz CT molecular complexity index is 1040. The smallest absolute Gasteiger partial charge is 0.163 e. The van der Waals surface area contributed by atoms with Crippen LogP contribution < -0.4 is 5.32 Å². The summed E-state index contributed by atoms with van der Waals surface area (Å²) >= 11 is 0. The number of aromatic nitrogens is 6. The molecule has 7 nitrogen and oxygen atoms in total. The molecule has 3 aromatic heterocycles. The van der Waals surface area contributed by atoms with Crippen LogP contribution in [0, 0.1) is 6.92 Å². The third-order valence-electron chi connectivity index (χ3n) is 4.21. The Balaban J connectivity index is 1.49. The predicted octanol–water partition coefficient (Wildman–Crippen LogP) is 2.78. The lowest BCUT2D eigenvalue weighted by molar-refractivity contribution is 0.773. The molecule has 130 valence electrons. The van der Waals surface area contributed by atoms with E-state index in [1.807, 2.05) is 50.4 Å². The van der Waals surface area contributed by atoms with Crippen molar-refractivity contribution in [3.63, 3.8) is 0 Å². The zero-order valence-electron chi connectivity index (χ0n) is 14.7. The number of fused-ring (bicyclic) bond motifs is 1. The van der Waals surface area contributed by atoms with Gasteiger partial charge in [0.1, 0.15) is 18.0 Å². The van der Waals surface area contributed by atoms with Crippen LogP contribution in [0.1, 0.15) is 11.5 Å². The first kappa shape index (κ1) is 16.1. The summed E-state index contributed by atoms with van der Waals surface area (Å²) in [6.45, 7) is 2.64. The molecule has 0 radical (unpaired) electrons. The molecule has 0 aliphatic rings. The number of nitrogens with zero attached hydrogens (tertiary/aromatic N) is 6. The molecular weight excluding hydrogens is 326 g/mol. The Kier molecular flexibility index (Phi) is 4.27. The summed E-state index contributed by atoms with van der Waals surface area (Å²) in [7, 11) is 1.88. The van der Waals surface area contributed by atoms with Gasteiger partial charge >= 0.3 is 0 Å². The molecule has 1 aromatic carbocycles. The summed E-state index contributed by atoms with van der Waals surface area (Å²) in [5, 5.41) is 8.73. The van der Waals surface area contributed by atoms with Crippen LogP contribution >= 0.6 is 0 Å². The maximum absolute atomic E-state index is 4.66. The minimum atomic E-state index is 0.679. The van der Waals surface area contributed by atoms with Crippen molar-refractivity contribution in [3.8, 4) is 11.3 Å². The van der Waals surface area contributed by atoms with E-state index in [2.05, 4.69) is 30.4 Å². The zero-order chi connectivity index (χ0) is 17.9. The van der Waals surface area contributed by atoms with Gasteiger partial charge in [0.25, 0.3) is 0 Å². The molecule has 0 aliphatic carbocycles. The Morgan fingerprint density at radius 1 is 1.04 bits per heavy atom. The molecule has 4 rings (SSSR count). The number of aryl methyl sites for hydroxylation is 2. The molecule has 0 atom stereocenters. The molecule has 0 bridgehead atoms. The maximum atomic E-state index is 4.66. The van der Waals surface area contributed by atoms with Crippen molar-refractivity contribution in [2.75, 3.05) is 11.9 Å². The minimum Gasteiger partial charge on any atom is -0.369 e. The lowest BCUT2D eigenvalue weighted by Gasteiger charge is -2.07. The molecule has 3 heterocycles. The van der Waals surface area contributed by atoms with E-state index in [-0.39, 0.29) is 0 Å². The number of hydrogen-bond donors (Lipinski definition) is 1. The fourth-order valence-corrected chi connectivity index (χ4v) is 2.99. The SMILES string of the molecule is Cc1nn(C)c2ncnc(NCCc3nccc(-c4ccccc4)n3)c12. The lowest BCUT2D eigenvalue weighted by Crippen LogP contribution is -2.09. The van der Waals surface area contributed by atoms with Gasteiger partial charge in [-0.25, -0.2) is 19.9 Å². The quantitative estimate of drug-likeness (QED) is 0.599. The third kappa shape index (κ3) is 3.11. The molecule has 26 heavy (non-hydrogen) atoms. The van der Waals surface area contributed by atoms with E-state index < -0.39 is 0 Å². The van der Waals surface area contributed by atoms with Crippen LogP contribution in [0.3, 0.4) is 0 Å². The summed E-state index contributed by atoms with van der Waals surface area (Å²) < 4.78 is 1.77. The molecule has 7 heteroatoms. The van der Waals surface area contributed by atoms with Gasteiger partial charge in [-0.2, -0.15) is 5.10 Å². The number of hydrogen-bond acceptors (Lipinski definition) is 6. The normalized spacial score (nSPS) is 11.0. The van der Waals surface area contributed by atoms with Crippen LogP contribution in [-0.2, 0) is 13.5 Å². The summed E-state index contributed by atoms with van der Waals surface area (Å²) in [5.41, 5.74) is 3.76. The molecule has 0 saturated carbocycles. The van der Waals surface area contributed by atoms with Crippen molar-refractivity contribution in [1.82, 2.24) is 29.7 Å². The van der Waals surface area contributed by atoms with E-state index in [9.17, 15) is 0 Å². The highest BCUT2D eigenvalue weighted by Crippen LogP contribution is 2.22. The Hall–Kier alpha value is -3.35. The second kappa shape index (κ2) is 6.87. The highest BCUT2D eigenvalue weighted by molar-refractivity contribution is 5.89. The van der Waals surface area contributed by atoms with Crippen LogP contribution in [0.2, 0.25) is 0 Å². The summed E-state index contributed by atoms with van der Waals surface area (Å²) in [5.74, 6) is 1.59. The van der Waals surface area contributed by atoms with Gasteiger partial charge in [-0.05, 0) is 13.0 Å². The van der Waals surface area contributed by atoms with Crippen LogP contribution in [0.15, 0.2) is 48.9 Å². The van der Waals surface area contributed by atoms with Crippen LogP contribution in [0.25, 0.3) is 22.3 Å². The highest BCUT2D eigenvalue weighted by atomic mass is 15.3. The minimum absolute atomic E-state index is 0.679. The highest BCUT2D eigenvalue weighted by Gasteiger charge is 2.12. The molecule has 4 aromatic rings. The average Bonchev–Trinajstić information content (AvgIpc) is 2.98. The van der Waals surface area contributed by atoms with Gasteiger partial charge in [0.15, 0.2) is 5.65 Å². The van der Waals surface area contributed by atoms with Crippen molar-refractivity contribution in [1.29, 1.82) is 0 Å². The Morgan fingerprint density at radius 2 is 1.88 bits per heavy atom. The largest absolute Gasteiger partial charge is 0.369 e. The van der Waals surface area contributed by atoms with Crippen LogP contribution in [-0.4, -0.2) is 36.3 Å². The van der Waals surface area contributed by atoms with Crippen LogP contribution in [0.4, 0.5) is 5.82 Å². The summed E-state index contributed by atoms with van der Waals surface area (Å²) in [6, 6.07) is 12.0. The number of benzene rings is 1. The van der Waals surface area contributed by atoms with Gasteiger partial charge in [0, 0.05) is 31.8 Å². The molecular formula is C19H19N7. The molecule has 1 N–H and O–H groups in total. The van der Waals surface area contributed by atoms with Gasteiger partial charge in [0.05, 0.1) is 16.8 Å². The van der Waals surface area contributed by atoms with Gasteiger partial charge in [0.2, 0.25) is 0 Å². The molecule has 0 saturated heterocycles. The van der Waals surface area contributed by atoms with Crippen molar-refractivity contribution < 1.29 is 0 Å². The molecule has 0 spiro atoms. The van der Waals surface area contributed by atoms with Gasteiger partial charge < -0.3 is 5.32 Å². The average molecular weight is 345 g/mol. The van der Waals surface area contributed by atoms with Crippen molar-refractivity contribution in [2.45, 2.75) is 13.3 Å². The molecule has 0 unspecified atom stereocenters. The van der Waals surface area contributed by atoms with Crippen molar-refractivity contribution in [2.24, 2.45) is 7.05 Å². The second-order valence-corrected chi connectivity index (χ2v) is 6.03. The summed E-state index contributed by atoms with van der Waals surface area (Å²) in [4.78, 5) is 17.7. The van der Waals surface area contributed by atoms with Crippen LogP contribution in [0.5, 0.6) is 0 Å². The van der Waals surface area contributed by atoms with E-state index >= 15 is 0 Å². The molecule has 0 fully saturated rings. The lowest BCUT2D eigenvalue weighted by atomic mass is 10.1. The first-order chi connectivity index (χ1) is 12.7. The number of anilines is 1. The van der Waals surface area contributed by atoms with Crippen molar-refractivity contribution in [3.05, 3.63) is 60.4 Å². The van der Waals surface area contributed by atoms with E-state index in [1.54, 1.807) is 17.2 Å².